The van der Waals surface area contributed by atoms with Gasteiger partial charge >= 0.3 is 11.8 Å². The number of carbonyl (C=O) groups is 2. The quantitative estimate of drug-likeness (QED) is 0.826. The topological polar surface area (TPSA) is 69.6 Å². The fraction of sp³-hybridized carbons (Fsp3) is 0.529. The number of aryl methyl sites for hydroxylation is 1. The van der Waals surface area contributed by atoms with Crippen LogP contribution in [0.15, 0.2) is 18.2 Å². The number of hydrogen-bond donors (Lipinski definition) is 2. The zero-order valence-corrected chi connectivity index (χ0v) is 13.4. The van der Waals surface area contributed by atoms with Crippen LogP contribution in [0.4, 0.5) is 5.69 Å². The minimum Gasteiger partial charge on any atom is -0.391 e. The summed E-state index contributed by atoms with van der Waals surface area (Å²) in [7, 11) is 0. The van der Waals surface area contributed by atoms with E-state index in [0.717, 1.165) is 29.7 Å². The molecule has 0 radical (unpaired) electrons. The maximum absolute atomic E-state index is 12.3. The second-order valence-electron chi connectivity index (χ2n) is 6.00. The summed E-state index contributed by atoms with van der Waals surface area (Å²) >= 11 is 0. The van der Waals surface area contributed by atoms with Crippen molar-refractivity contribution in [1.82, 2.24) is 5.32 Å². The first-order valence-electron chi connectivity index (χ1n) is 7.81. The number of carbonyl (C=O) groups excluding carboxylic acids is 2. The Morgan fingerprint density at radius 1 is 1.41 bits per heavy atom. The van der Waals surface area contributed by atoms with E-state index in [1.54, 1.807) is 0 Å². The average Bonchev–Trinajstić information content (AvgIpc) is 2.93. The van der Waals surface area contributed by atoms with Crippen molar-refractivity contribution in [3.63, 3.8) is 0 Å². The van der Waals surface area contributed by atoms with E-state index in [2.05, 4.69) is 5.32 Å². The van der Waals surface area contributed by atoms with Gasteiger partial charge in [0.25, 0.3) is 0 Å². The Bertz CT molecular complexity index is 571. The van der Waals surface area contributed by atoms with Crippen molar-refractivity contribution >= 4 is 17.5 Å². The highest BCUT2D eigenvalue weighted by Crippen LogP contribution is 2.28. The molecule has 0 saturated carbocycles. The molecule has 1 heterocycles. The van der Waals surface area contributed by atoms with Crippen LogP contribution in [0.5, 0.6) is 0 Å². The molecule has 22 heavy (non-hydrogen) atoms. The molecule has 5 nitrogen and oxygen atoms in total. The van der Waals surface area contributed by atoms with Crippen molar-refractivity contribution in [1.29, 1.82) is 0 Å². The molecule has 2 N–H and O–H groups in total. The van der Waals surface area contributed by atoms with E-state index in [-0.39, 0.29) is 12.5 Å². The average molecular weight is 304 g/mol. The van der Waals surface area contributed by atoms with E-state index < -0.39 is 17.9 Å². The molecule has 5 heteroatoms. The molecule has 0 aromatic heterocycles. The van der Waals surface area contributed by atoms with E-state index in [9.17, 15) is 14.7 Å². The number of aliphatic hydroxyl groups is 1. The number of fused-ring (bicyclic) bond motifs is 1. The van der Waals surface area contributed by atoms with Gasteiger partial charge in [0.2, 0.25) is 0 Å². The van der Waals surface area contributed by atoms with E-state index in [1.165, 1.54) is 4.90 Å². The van der Waals surface area contributed by atoms with Crippen LogP contribution < -0.4 is 10.2 Å². The van der Waals surface area contributed by atoms with Crippen molar-refractivity contribution in [2.45, 2.75) is 39.7 Å². The van der Waals surface area contributed by atoms with Crippen molar-refractivity contribution in [3.05, 3.63) is 29.3 Å². The molecule has 1 aliphatic heterocycles. The lowest BCUT2D eigenvalue weighted by molar-refractivity contribution is -0.137. The number of aliphatic hydroxyl groups excluding tert-OH is 1. The molecule has 1 aliphatic rings. The van der Waals surface area contributed by atoms with Crippen LogP contribution in [-0.4, -0.2) is 36.1 Å². The molecule has 2 rings (SSSR count). The maximum Gasteiger partial charge on any atom is 0.316 e. The van der Waals surface area contributed by atoms with E-state index in [1.807, 2.05) is 39.0 Å². The van der Waals surface area contributed by atoms with Gasteiger partial charge in [0.05, 0.1) is 6.10 Å². The number of amides is 2. The number of anilines is 1. The van der Waals surface area contributed by atoms with Gasteiger partial charge in [-0.2, -0.15) is 0 Å². The Morgan fingerprint density at radius 2 is 2.14 bits per heavy atom. The molecule has 2 amide bonds. The van der Waals surface area contributed by atoms with Crippen LogP contribution in [-0.2, 0) is 16.0 Å². The van der Waals surface area contributed by atoms with Gasteiger partial charge in [-0.05, 0) is 36.5 Å². The number of hydrogen-bond acceptors (Lipinski definition) is 3. The summed E-state index contributed by atoms with van der Waals surface area (Å²) in [4.78, 5) is 25.9. The summed E-state index contributed by atoms with van der Waals surface area (Å²) in [6.45, 7) is 6.49. The van der Waals surface area contributed by atoms with Crippen LogP contribution >= 0.6 is 0 Å². The molecular formula is C17H24N2O3. The minimum atomic E-state index is -0.656. The van der Waals surface area contributed by atoms with Crippen LogP contribution in [0, 0.1) is 12.8 Å². The van der Waals surface area contributed by atoms with Gasteiger partial charge < -0.3 is 15.3 Å². The molecule has 0 saturated heterocycles. The Hall–Kier alpha value is -1.88. The standard InChI is InChI=1S/C17H24N2O3/c1-4-12(3)15(20)10-18-16(21)17(22)19-8-7-13-6-5-11(2)9-14(13)19/h5-6,9,12,15,20H,4,7-8,10H2,1-3H3,(H,18,21). The summed E-state index contributed by atoms with van der Waals surface area (Å²) in [5, 5.41) is 12.4. The zero-order chi connectivity index (χ0) is 16.3. The van der Waals surface area contributed by atoms with Crippen LogP contribution in [0.1, 0.15) is 31.4 Å². The lowest BCUT2D eigenvalue weighted by Crippen LogP contribution is -2.45. The van der Waals surface area contributed by atoms with Gasteiger partial charge in [-0.1, -0.05) is 32.4 Å². The fourth-order valence-corrected chi connectivity index (χ4v) is 2.57. The molecule has 0 aliphatic carbocycles. The molecule has 2 atom stereocenters. The number of nitrogens with one attached hydrogen (secondary N) is 1. The van der Waals surface area contributed by atoms with Crippen molar-refractivity contribution in [3.8, 4) is 0 Å². The number of benzene rings is 1. The third-order valence-corrected chi connectivity index (χ3v) is 4.35. The van der Waals surface area contributed by atoms with E-state index in [4.69, 9.17) is 0 Å². The fourth-order valence-electron chi connectivity index (χ4n) is 2.57. The van der Waals surface area contributed by atoms with Gasteiger partial charge in [0.15, 0.2) is 0 Å². The van der Waals surface area contributed by atoms with E-state index >= 15 is 0 Å². The van der Waals surface area contributed by atoms with Crippen molar-refractivity contribution in [2.24, 2.45) is 5.92 Å². The highest BCUT2D eigenvalue weighted by atomic mass is 16.3. The Morgan fingerprint density at radius 3 is 2.82 bits per heavy atom. The molecule has 0 spiro atoms. The third kappa shape index (κ3) is 3.47. The molecule has 1 aromatic rings. The second-order valence-corrected chi connectivity index (χ2v) is 6.00. The Labute approximate surface area is 131 Å². The first-order valence-corrected chi connectivity index (χ1v) is 7.81. The molecule has 2 unspecified atom stereocenters. The van der Waals surface area contributed by atoms with Gasteiger partial charge in [0.1, 0.15) is 0 Å². The van der Waals surface area contributed by atoms with E-state index in [0.29, 0.717) is 6.54 Å². The van der Waals surface area contributed by atoms with Crippen LogP contribution in [0.2, 0.25) is 0 Å². The van der Waals surface area contributed by atoms with Gasteiger partial charge in [-0.25, -0.2) is 0 Å². The SMILES string of the molecule is CCC(C)C(O)CNC(=O)C(=O)N1CCc2ccc(C)cc21. The van der Waals surface area contributed by atoms with Gasteiger partial charge in [-0.15, -0.1) is 0 Å². The lowest BCUT2D eigenvalue weighted by Gasteiger charge is -2.20. The highest BCUT2D eigenvalue weighted by Gasteiger charge is 2.29. The summed E-state index contributed by atoms with van der Waals surface area (Å²) in [5.74, 6) is -1.12. The summed E-state index contributed by atoms with van der Waals surface area (Å²) in [5.41, 5.74) is 2.97. The molecule has 1 aromatic carbocycles. The predicted molar refractivity (Wildman–Crippen MR) is 85.7 cm³/mol. The number of rotatable bonds is 4. The first-order chi connectivity index (χ1) is 10.4. The minimum absolute atomic E-state index is 0.0885. The zero-order valence-electron chi connectivity index (χ0n) is 13.4. The Balaban J connectivity index is 1.98. The molecule has 120 valence electrons. The summed E-state index contributed by atoms with van der Waals surface area (Å²) < 4.78 is 0. The smallest absolute Gasteiger partial charge is 0.316 e. The van der Waals surface area contributed by atoms with Crippen molar-refractivity contribution in [2.75, 3.05) is 18.0 Å². The second kappa shape index (κ2) is 6.92. The van der Waals surface area contributed by atoms with Crippen LogP contribution in [0.3, 0.4) is 0 Å². The summed E-state index contributed by atoms with van der Waals surface area (Å²) in [6.07, 6.45) is 0.961. The predicted octanol–water partition coefficient (Wildman–Crippen LogP) is 1.41. The molecular weight excluding hydrogens is 280 g/mol. The van der Waals surface area contributed by atoms with Crippen LogP contribution in [0.25, 0.3) is 0 Å². The van der Waals surface area contributed by atoms with Crippen molar-refractivity contribution < 1.29 is 14.7 Å². The molecule has 0 fully saturated rings. The maximum atomic E-state index is 12.3. The monoisotopic (exact) mass is 304 g/mol. The first kappa shape index (κ1) is 16.5. The van der Waals surface area contributed by atoms with Gasteiger partial charge in [-0.3, -0.25) is 9.59 Å². The number of nitrogens with zero attached hydrogens (tertiary/aromatic N) is 1. The normalized spacial score (nSPS) is 16.1. The van der Waals surface area contributed by atoms with Gasteiger partial charge in [0, 0.05) is 18.8 Å². The lowest BCUT2D eigenvalue weighted by atomic mass is 10.0. The highest BCUT2D eigenvalue weighted by molar-refractivity contribution is 6.40. The summed E-state index contributed by atoms with van der Waals surface area (Å²) in [6, 6.07) is 5.94. The molecule has 0 bridgehead atoms. The largest absolute Gasteiger partial charge is 0.391 e. The third-order valence-electron chi connectivity index (χ3n) is 4.35. The Kier molecular flexibility index (Phi) is 5.19.